The van der Waals surface area contributed by atoms with Gasteiger partial charge in [0.1, 0.15) is 64.9 Å². The molecule has 13 N–H and O–H groups in total. The van der Waals surface area contributed by atoms with Crippen LogP contribution in [0.1, 0.15) is 117 Å². The number of carboxylic acids is 8. The monoisotopic (exact) mass is 1810 g/mol. The van der Waals surface area contributed by atoms with E-state index in [0.717, 1.165) is 37.7 Å². The Kier molecular flexibility index (Phi) is 50.1. The summed E-state index contributed by atoms with van der Waals surface area (Å²) in [6.45, 7) is 2.61. The lowest BCUT2D eigenvalue weighted by molar-refractivity contribution is -0.151. The van der Waals surface area contributed by atoms with E-state index in [1.54, 1.807) is 93.1 Å². The van der Waals surface area contributed by atoms with Gasteiger partial charge in [0.05, 0.1) is 71.0 Å². The molecule has 0 bridgehead atoms. The number of hydrogen-bond donors (Lipinski definition) is 13. The number of carboxylic acid groups (broad SMARTS) is 8. The molecule has 7 rings (SSSR count). The molecule has 676 valence electrons. The van der Waals surface area contributed by atoms with E-state index in [2.05, 4.69) is 12.8 Å². The average Bonchev–Trinajstić information content (AvgIpc) is 0.811. The zero-order valence-corrected chi connectivity index (χ0v) is 70.8. The number of halogens is 1. The van der Waals surface area contributed by atoms with Crippen LogP contribution in [0.5, 0.6) is 69.0 Å². The van der Waals surface area contributed by atoms with Crippen molar-refractivity contribution in [2.24, 2.45) is 0 Å². The standard InChI is InChI=1S/C17H24O4.C11H14O8S.C11H12O6.C11H16O5S.C11H10O4.C10H9ClO6.C9H12O6S/c1-3-5-7-9-13-11-14(16(18)19)12(8-6-4-2)10-15(13)17(20)21;1-18-9-4-2-3-8(11(13)14)10(9)19-5-7(12)6-20(15,16)17;1-16-7-4-2-3-5-8(7)17-9(11(14)15)6-10(12)13;1-15-10-5-6-11(16-2)9(8-10)4-3-7-17(12,13)14;1-3-7-15-10-8(11(12)13)5-4-6-9(10)14-2;11-7-3-6(16-4-9(12)13)1-2-8(7)17-5-10(14)15;1-14-7-4-2-3-5-8(7)15-9(10)6-16(11,12)13/h10-11H,3-9H2,1-2H3,(H,18,19)(H,20,21);2-4,7,12H,5-6H2,1H3,(H,13,14)(H,15,16,17);2-5,9H,6H2,1H3,(H,12,13)(H,14,15);5-6,8H,3-4,7H2,1-2H3,(H,12,13,14);1,4-6H,7H2,2H3,(H,12,13);1-3H,4-5H2,(H,12,13)(H,14,15);2-5,9-10H,6H2,1H3,(H,11,12,13). The fourth-order valence-electron chi connectivity index (χ4n) is 9.79. The summed E-state index contributed by atoms with van der Waals surface area (Å²) in [5.41, 5.74) is 2.46. The molecule has 123 heavy (non-hydrogen) atoms. The molecule has 0 spiro atoms. The lowest BCUT2D eigenvalue weighted by Gasteiger charge is -2.15. The molecule has 0 aromatic heterocycles. The van der Waals surface area contributed by atoms with Crippen molar-refractivity contribution in [1.82, 2.24) is 0 Å². The van der Waals surface area contributed by atoms with Gasteiger partial charge in [-0.1, -0.05) is 87.0 Å². The average molecular weight is 1810 g/mol. The summed E-state index contributed by atoms with van der Waals surface area (Å²) in [7, 11) is -3.85. The van der Waals surface area contributed by atoms with Crippen molar-refractivity contribution in [2.45, 2.75) is 96.6 Å². The lowest BCUT2D eigenvalue weighted by Crippen LogP contribution is -2.29. The number of unbranched alkanes of at least 4 members (excludes halogenated alkanes) is 3. The highest BCUT2D eigenvalue weighted by molar-refractivity contribution is 7.86. The maximum atomic E-state index is 11.4. The quantitative estimate of drug-likeness (QED) is 0.00731. The number of ether oxygens (including phenoxy) is 12. The second-order valence-electron chi connectivity index (χ2n) is 24.5. The zero-order chi connectivity index (χ0) is 93.2. The minimum atomic E-state index is -4.35. The molecule has 39 nitrogen and oxygen atoms in total. The van der Waals surface area contributed by atoms with Gasteiger partial charge in [0.2, 0.25) is 12.4 Å². The number of benzene rings is 7. The summed E-state index contributed by atoms with van der Waals surface area (Å²) >= 11 is 5.78. The van der Waals surface area contributed by atoms with Gasteiger partial charge >= 0.3 is 47.8 Å². The Hall–Kier alpha value is -12.6. The number of aryl methyl sites for hydroxylation is 3. The predicted octanol–water partition coefficient (Wildman–Crippen LogP) is 9.66. The highest BCUT2D eigenvalue weighted by atomic mass is 35.5. The first kappa shape index (κ1) is 108. The number of aromatic carboxylic acids is 4. The second kappa shape index (κ2) is 56.8. The first-order valence-electron chi connectivity index (χ1n) is 35.9. The van der Waals surface area contributed by atoms with Gasteiger partial charge in [-0.15, -0.1) is 6.42 Å². The van der Waals surface area contributed by atoms with E-state index in [0.29, 0.717) is 65.6 Å². The summed E-state index contributed by atoms with van der Waals surface area (Å²) in [6.07, 6.45) is 6.61. The van der Waals surface area contributed by atoms with Gasteiger partial charge in [-0.05, 0) is 146 Å². The summed E-state index contributed by atoms with van der Waals surface area (Å²) in [4.78, 5) is 86.5. The number of aliphatic hydroxyl groups is 2. The van der Waals surface area contributed by atoms with Crippen LogP contribution in [0.2, 0.25) is 5.02 Å². The molecular weight excluding hydrogens is 1720 g/mol. The van der Waals surface area contributed by atoms with E-state index in [1.807, 2.05) is 6.92 Å². The van der Waals surface area contributed by atoms with E-state index in [4.69, 9.17) is 119 Å². The van der Waals surface area contributed by atoms with Crippen molar-refractivity contribution in [3.8, 4) is 81.3 Å². The third kappa shape index (κ3) is 44.5. The maximum Gasteiger partial charge on any atom is 0.345 e. The molecule has 0 fully saturated rings. The molecule has 0 heterocycles. The van der Waals surface area contributed by atoms with Crippen LogP contribution in [0.25, 0.3) is 0 Å². The number of methoxy groups -OCH3 is 6. The Morgan fingerprint density at radius 1 is 0.415 bits per heavy atom. The summed E-state index contributed by atoms with van der Waals surface area (Å²) in [6, 6.07) is 34.3. The van der Waals surface area contributed by atoms with Gasteiger partial charge in [-0.25, -0.2) is 33.6 Å². The predicted molar refractivity (Wildman–Crippen MR) is 440 cm³/mol. The SMILES string of the molecule is C#CCOc1c(OC)cccc1C(=O)O.CCCCCc1cc(C(=O)O)c(CCCC)cc1C(=O)O.COc1ccc(OC)c(CCCS(=O)(=O)O)c1.COc1cccc(C(=O)O)c1OCC(O)CS(=O)(=O)O.COc1ccccc1OC(CC(=O)O)C(=O)O.COc1ccccc1OC(O)CS(=O)(=O)O.O=C(O)COc1ccc(OCC(=O)O)c(Cl)c1. The first-order chi connectivity index (χ1) is 57.9. The van der Waals surface area contributed by atoms with Crippen LogP contribution < -0.4 is 56.8 Å². The van der Waals surface area contributed by atoms with Gasteiger partial charge in [0.15, 0.2) is 59.2 Å². The molecule has 3 atom stereocenters. The van der Waals surface area contributed by atoms with Crippen LogP contribution in [-0.2, 0) is 68.8 Å². The van der Waals surface area contributed by atoms with Crippen molar-refractivity contribution in [2.75, 3.05) is 86.3 Å². The number of rotatable bonds is 43. The van der Waals surface area contributed by atoms with Crippen LogP contribution in [0.15, 0.2) is 133 Å². The Morgan fingerprint density at radius 3 is 1.26 bits per heavy atom. The van der Waals surface area contributed by atoms with Gasteiger partial charge in [0.25, 0.3) is 30.4 Å². The largest absolute Gasteiger partial charge is 0.497 e. The molecule has 0 amide bonds. The fourth-order valence-corrected chi connectivity index (χ4v) is 11.5. The molecular formula is C80H97ClO39S3. The molecule has 0 aliphatic heterocycles. The third-order valence-electron chi connectivity index (χ3n) is 15.2. The normalized spacial score (nSPS) is 11.2. The Morgan fingerprint density at radius 2 is 0.846 bits per heavy atom. The minimum absolute atomic E-state index is 0.000648. The van der Waals surface area contributed by atoms with Gasteiger partial charge in [0, 0.05) is 6.07 Å². The van der Waals surface area contributed by atoms with Gasteiger partial charge in [-0.3, -0.25) is 18.5 Å². The van der Waals surface area contributed by atoms with E-state index in [-0.39, 0.29) is 79.9 Å². The molecule has 3 unspecified atom stereocenters. The van der Waals surface area contributed by atoms with Crippen LogP contribution in [0.3, 0.4) is 0 Å². The van der Waals surface area contributed by atoms with E-state index in [1.165, 1.54) is 83.0 Å². The van der Waals surface area contributed by atoms with Crippen LogP contribution in [0, 0.1) is 12.3 Å². The molecule has 0 aliphatic rings. The number of para-hydroxylation sites is 6. The van der Waals surface area contributed by atoms with E-state index in [9.17, 15) is 84.0 Å². The second-order valence-corrected chi connectivity index (χ2v) is 29.5. The Labute approximate surface area is 712 Å². The minimum Gasteiger partial charge on any atom is -0.497 e. The Balaban J connectivity index is 0.000000719. The van der Waals surface area contributed by atoms with Crippen molar-refractivity contribution >= 4 is 89.7 Å². The molecule has 7 aromatic rings. The summed E-state index contributed by atoms with van der Waals surface area (Å²) < 4.78 is 149. The van der Waals surface area contributed by atoms with E-state index < -0.39 is 134 Å². The van der Waals surface area contributed by atoms with Crippen molar-refractivity contribution in [3.63, 3.8) is 0 Å². The van der Waals surface area contributed by atoms with Gasteiger partial charge in [-0.2, -0.15) is 25.3 Å². The molecule has 0 radical (unpaired) electrons. The van der Waals surface area contributed by atoms with E-state index >= 15 is 0 Å². The van der Waals surface area contributed by atoms with Crippen LogP contribution in [0.4, 0.5) is 0 Å². The van der Waals surface area contributed by atoms with Crippen molar-refractivity contribution < 1.29 is 185 Å². The third-order valence-corrected chi connectivity index (χ3v) is 17.8. The highest BCUT2D eigenvalue weighted by Crippen LogP contribution is 2.35. The highest BCUT2D eigenvalue weighted by Gasteiger charge is 2.26. The molecule has 0 aliphatic carbocycles. The first-order valence-corrected chi connectivity index (χ1v) is 41.1. The lowest BCUT2D eigenvalue weighted by atomic mass is 9.92. The number of terminal acetylenes is 1. The van der Waals surface area contributed by atoms with Crippen LogP contribution >= 0.6 is 11.6 Å². The number of aliphatic carboxylic acids is 4. The summed E-state index contributed by atoms with van der Waals surface area (Å²) in [5.74, 6) is -5.46. The smallest absolute Gasteiger partial charge is 0.345 e. The topological polar surface area (TPSA) is 613 Å². The number of aliphatic hydroxyl groups excluding tert-OH is 2. The Bertz CT molecular complexity index is 4970. The molecule has 43 heteroatoms. The van der Waals surface area contributed by atoms with Gasteiger partial charge < -0.3 is 108 Å². The van der Waals surface area contributed by atoms with Crippen LogP contribution in [-0.4, -0.2) is 243 Å². The molecule has 0 saturated heterocycles. The number of hydrogen-bond acceptors (Lipinski definition) is 28. The van der Waals surface area contributed by atoms with Crippen molar-refractivity contribution in [1.29, 1.82) is 0 Å². The molecule has 0 saturated carbocycles. The molecule has 7 aromatic carbocycles. The zero-order valence-electron chi connectivity index (χ0n) is 67.6. The maximum absolute atomic E-state index is 11.4. The van der Waals surface area contributed by atoms with Crippen molar-refractivity contribution in [3.05, 3.63) is 177 Å². The fraction of sp³-hybridized carbons (Fsp3) is 0.350. The summed E-state index contributed by atoms with van der Waals surface area (Å²) in [5, 5.41) is 89.6. The number of carbonyl (C=O) groups is 8.